The molecule has 5 atom stereocenters. The van der Waals surface area contributed by atoms with Crippen LogP contribution < -0.4 is 20.7 Å². The zero-order valence-corrected chi connectivity index (χ0v) is 33.0. The minimum atomic E-state index is -2.29. The molecule has 2 fully saturated rings. The molecule has 2 aromatic carbocycles. The lowest BCUT2D eigenvalue weighted by molar-refractivity contribution is -0.148. The zero-order valence-electron chi connectivity index (χ0n) is 30.4. The summed E-state index contributed by atoms with van der Waals surface area (Å²) in [5.41, 5.74) is -0.462. The lowest BCUT2D eigenvalue weighted by Crippen LogP contribution is -2.51. The average molecular weight is 791 g/mol. The molecule has 4 rings (SSSR count). The largest absolute Gasteiger partial charge is 0.497 e. The number of halogens is 1. The first-order valence-corrected chi connectivity index (χ1v) is 20.4. The number of aryl methyl sites for hydroxylation is 1. The molecule has 2 aromatic rings. The van der Waals surface area contributed by atoms with Gasteiger partial charge in [0.15, 0.2) is 14.4 Å². The molecular formula is C36H48BrN3O10Si. The van der Waals surface area contributed by atoms with E-state index in [0.717, 1.165) is 29.1 Å². The van der Waals surface area contributed by atoms with Crippen LogP contribution in [0.25, 0.3) is 10.8 Å². The molecule has 0 aliphatic carbocycles. The molecule has 0 bridgehead atoms. The Hall–Kier alpha value is -3.63. The summed E-state index contributed by atoms with van der Waals surface area (Å²) in [6.07, 6.45) is -3.38. The first-order chi connectivity index (χ1) is 24.1. The second-order valence-corrected chi connectivity index (χ2v) is 18.8. The van der Waals surface area contributed by atoms with Crippen molar-refractivity contribution in [3.05, 3.63) is 51.6 Å². The van der Waals surface area contributed by atoms with Crippen molar-refractivity contribution >= 4 is 64.6 Å². The Balaban J connectivity index is 1.75. The molecule has 51 heavy (non-hydrogen) atoms. The summed E-state index contributed by atoms with van der Waals surface area (Å²) in [6.45, 7) is 12.6. The third-order valence-electron chi connectivity index (χ3n) is 9.47. The van der Waals surface area contributed by atoms with Crippen LogP contribution in [0.15, 0.2) is 40.5 Å². The number of Topliss-reactive ketones (excluding diaryl/α,β-unsaturated/α-hetero) is 1. The summed E-state index contributed by atoms with van der Waals surface area (Å²) in [5.74, 6) is -3.06. The number of carbonyl (C=O) groups is 5. The Bertz CT molecular complexity index is 1700. The van der Waals surface area contributed by atoms with E-state index < -0.39 is 56.0 Å². The standard InChI is InChI=1S/C36H48BrN3O10Si/c1-9-51(10-2,11-3)50-30(27-18-38-27)31(48-22(6)42)28(37)29(33(43)39-17-21(5)41)40-34(44)32(36(7)19-47-36)49-35(45)26-16-23(46-8)15-25-20(4)13-12-14-24(25)26/h12-16,27,30-32,38H,9-11,17-19H2,1-8H3,(H,39,43)(H,40,44)/b29-28+/t27-,30+,31+,32+,36-/m0/s1. The number of carbonyl (C=O) groups excluding carboxylic acids is 5. The van der Waals surface area contributed by atoms with Gasteiger partial charge in [0.25, 0.3) is 11.8 Å². The zero-order chi connectivity index (χ0) is 37.7. The predicted octanol–water partition coefficient (Wildman–Crippen LogP) is 4.19. The lowest BCUT2D eigenvalue weighted by atomic mass is 9.99. The van der Waals surface area contributed by atoms with Gasteiger partial charge in [-0.15, -0.1) is 0 Å². The number of nitrogens with one attached hydrogen (secondary N) is 3. The van der Waals surface area contributed by atoms with Gasteiger partial charge in [-0.3, -0.25) is 19.2 Å². The monoisotopic (exact) mass is 789 g/mol. The molecule has 2 saturated heterocycles. The number of benzene rings is 2. The Labute approximate surface area is 307 Å². The van der Waals surface area contributed by atoms with E-state index in [1.54, 1.807) is 13.0 Å². The molecule has 0 spiro atoms. The number of amides is 2. The van der Waals surface area contributed by atoms with Crippen LogP contribution in [0.2, 0.25) is 18.1 Å². The van der Waals surface area contributed by atoms with Crippen molar-refractivity contribution < 1.29 is 47.3 Å². The number of methoxy groups -OCH3 is 1. The number of hydrogen-bond donors (Lipinski definition) is 3. The summed E-state index contributed by atoms with van der Waals surface area (Å²) in [5, 5.41) is 9.74. The fourth-order valence-electron chi connectivity index (χ4n) is 5.92. The third-order valence-corrected chi connectivity index (χ3v) is 15.0. The van der Waals surface area contributed by atoms with E-state index in [2.05, 4.69) is 52.7 Å². The predicted molar refractivity (Wildman–Crippen MR) is 196 cm³/mol. The van der Waals surface area contributed by atoms with Crippen LogP contribution in [0.3, 0.4) is 0 Å². The normalized spacial score (nSPS) is 20.3. The Morgan fingerprint density at radius 2 is 1.71 bits per heavy atom. The number of fused-ring (bicyclic) bond motifs is 1. The van der Waals surface area contributed by atoms with Gasteiger partial charge in [0.05, 0.1) is 30.3 Å². The molecule has 15 heteroatoms. The van der Waals surface area contributed by atoms with Crippen molar-refractivity contribution in [2.75, 3.05) is 26.8 Å². The number of ether oxygens (including phenoxy) is 4. The SMILES string of the molecule is CC[Si](CC)(CC)O[C@H]([C@@H]1CN1)[C@H](OC(C)=O)/C(Br)=C(\NC(=O)[C@@H](OC(=O)c1cc(OC)cc2c(C)cccc12)[C@]1(C)CO1)C(=O)NCC(C)=O. The van der Waals surface area contributed by atoms with Gasteiger partial charge in [-0.2, -0.15) is 0 Å². The second-order valence-electron chi connectivity index (χ2n) is 13.2. The highest BCUT2D eigenvalue weighted by Crippen LogP contribution is 2.36. The summed E-state index contributed by atoms with van der Waals surface area (Å²) in [6, 6.07) is 11.1. The molecule has 0 unspecified atom stereocenters. The van der Waals surface area contributed by atoms with Crippen LogP contribution in [0, 0.1) is 6.92 Å². The summed E-state index contributed by atoms with van der Waals surface area (Å²) < 4.78 is 29.6. The summed E-state index contributed by atoms with van der Waals surface area (Å²) in [4.78, 5) is 66.2. The smallest absolute Gasteiger partial charge is 0.339 e. The van der Waals surface area contributed by atoms with Crippen molar-refractivity contribution in [3.63, 3.8) is 0 Å². The highest BCUT2D eigenvalue weighted by atomic mass is 79.9. The number of hydrogen-bond acceptors (Lipinski definition) is 11. The van der Waals surface area contributed by atoms with Gasteiger partial charge < -0.3 is 39.3 Å². The maximum absolute atomic E-state index is 14.2. The Morgan fingerprint density at radius 3 is 2.24 bits per heavy atom. The van der Waals surface area contributed by atoms with Crippen LogP contribution in [-0.2, 0) is 37.8 Å². The van der Waals surface area contributed by atoms with Crippen molar-refractivity contribution in [3.8, 4) is 5.75 Å². The fourth-order valence-corrected chi connectivity index (χ4v) is 9.42. The van der Waals surface area contributed by atoms with Gasteiger partial charge >= 0.3 is 11.9 Å². The van der Waals surface area contributed by atoms with E-state index in [4.69, 9.17) is 23.4 Å². The van der Waals surface area contributed by atoms with Crippen LogP contribution >= 0.6 is 15.9 Å². The molecule has 2 amide bonds. The molecule has 0 aromatic heterocycles. The van der Waals surface area contributed by atoms with Gasteiger partial charge in [-0.1, -0.05) is 39.0 Å². The van der Waals surface area contributed by atoms with Crippen molar-refractivity contribution in [1.29, 1.82) is 0 Å². The number of ketones is 1. The van der Waals surface area contributed by atoms with Crippen LogP contribution in [0.5, 0.6) is 5.75 Å². The molecular weight excluding hydrogens is 742 g/mol. The third kappa shape index (κ3) is 9.63. The van der Waals surface area contributed by atoms with Crippen molar-refractivity contribution in [2.24, 2.45) is 0 Å². The van der Waals surface area contributed by atoms with Gasteiger partial charge in [0, 0.05) is 19.5 Å². The Morgan fingerprint density at radius 1 is 1.06 bits per heavy atom. The second kappa shape index (κ2) is 16.8. The molecule has 278 valence electrons. The minimum absolute atomic E-state index is 0.0122. The van der Waals surface area contributed by atoms with E-state index >= 15 is 0 Å². The molecule has 13 nitrogen and oxygen atoms in total. The summed E-state index contributed by atoms with van der Waals surface area (Å²) >= 11 is 3.49. The number of esters is 2. The number of rotatable bonds is 18. The van der Waals surface area contributed by atoms with Gasteiger partial charge in [-0.05, 0) is 83.3 Å². The molecule has 0 radical (unpaired) electrons. The summed E-state index contributed by atoms with van der Waals surface area (Å²) in [7, 11) is -0.807. The van der Waals surface area contributed by atoms with Crippen molar-refractivity contribution in [2.45, 2.75) is 96.6 Å². The molecule has 2 aliphatic rings. The highest BCUT2D eigenvalue weighted by molar-refractivity contribution is 9.11. The van der Waals surface area contributed by atoms with Gasteiger partial charge in [0.2, 0.25) is 6.10 Å². The minimum Gasteiger partial charge on any atom is -0.497 e. The first-order valence-electron chi connectivity index (χ1n) is 17.1. The number of epoxide rings is 1. The highest BCUT2D eigenvalue weighted by Gasteiger charge is 2.54. The quantitative estimate of drug-likeness (QED) is 0.0853. The Kier molecular flexibility index (Phi) is 13.2. The van der Waals surface area contributed by atoms with Gasteiger partial charge in [0.1, 0.15) is 28.9 Å². The fraction of sp³-hybridized carbons (Fsp3) is 0.528. The van der Waals surface area contributed by atoms with Crippen LogP contribution in [0.1, 0.15) is 57.5 Å². The van der Waals surface area contributed by atoms with E-state index in [-0.39, 0.29) is 40.7 Å². The molecule has 2 heterocycles. The van der Waals surface area contributed by atoms with E-state index in [1.807, 2.05) is 25.1 Å². The topological polar surface area (TPSA) is 181 Å². The maximum Gasteiger partial charge on any atom is 0.339 e. The lowest BCUT2D eigenvalue weighted by Gasteiger charge is -2.37. The van der Waals surface area contributed by atoms with E-state index in [1.165, 1.54) is 27.0 Å². The average Bonchev–Trinajstić information content (AvgIpc) is 4.05. The van der Waals surface area contributed by atoms with E-state index in [9.17, 15) is 24.0 Å². The van der Waals surface area contributed by atoms with Crippen LogP contribution in [0.4, 0.5) is 0 Å². The van der Waals surface area contributed by atoms with Crippen molar-refractivity contribution in [1.82, 2.24) is 16.0 Å². The van der Waals surface area contributed by atoms with E-state index in [0.29, 0.717) is 17.7 Å². The van der Waals surface area contributed by atoms with Gasteiger partial charge in [-0.25, -0.2) is 4.79 Å². The molecule has 0 saturated carbocycles. The first kappa shape index (κ1) is 40.1. The van der Waals surface area contributed by atoms with Crippen LogP contribution in [-0.4, -0.2) is 94.6 Å². The molecule has 2 aliphatic heterocycles. The maximum atomic E-state index is 14.2. The molecule has 3 N–H and O–H groups in total.